The van der Waals surface area contributed by atoms with Crippen LogP contribution in [0.5, 0.6) is 0 Å². The second-order valence-electron chi connectivity index (χ2n) is 5.96. The zero-order valence-electron chi connectivity index (χ0n) is 12.3. The fraction of sp³-hybridized carbons (Fsp3) is 1.00. The summed E-state index contributed by atoms with van der Waals surface area (Å²) in [5.41, 5.74) is 1.44. The van der Waals surface area contributed by atoms with Gasteiger partial charge in [-0.1, -0.05) is 54.4 Å². The van der Waals surface area contributed by atoms with E-state index in [0.717, 1.165) is 17.0 Å². The quantitative estimate of drug-likeness (QED) is 0.543. The Balaban J connectivity index is 3.86. The van der Waals surface area contributed by atoms with Gasteiger partial charge in [0.25, 0.3) is 0 Å². The van der Waals surface area contributed by atoms with Crippen molar-refractivity contribution in [2.75, 3.05) is 0 Å². The molecule has 1 unspecified atom stereocenters. The Hall–Kier alpha value is 0.177. The third kappa shape index (κ3) is 7.45. The molecule has 0 aromatic carbocycles. The van der Waals surface area contributed by atoms with Crippen LogP contribution in [0.3, 0.4) is 0 Å². The first-order valence-electron chi connectivity index (χ1n) is 6.88. The predicted molar refractivity (Wildman–Crippen MR) is 75.2 cm³/mol. The van der Waals surface area contributed by atoms with Crippen LogP contribution < -0.4 is 0 Å². The van der Waals surface area contributed by atoms with Gasteiger partial charge in [0.2, 0.25) is 9.04 Å². The van der Waals surface area contributed by atoms with Crippen LogP contribution in [0.1, 0.15) is 67.7 Å². The molecule has 0 N–H and O–H groups in total. The van der Waals surface area contributed by atoms with Crippen LogP contribution >= 0.6 is 0 Å². The molecule has 0 amide bonds. The van der Waals surface area contributed by atoms with E-state index in [2.05, 4.69) is 48.5 Å². The van der Waals surface area contributed by atoms with E-state index in [1.54, 1.807) is 0 Å². The maximum Gasteiger partial charge on any atom is 0.217 e. The van der Waals surface area contributed by atoms with Crippen molar-refractivity contribution in [3.63, 3.8) is 0 Å². The molecule has 0 bridgehead atoms. The SMILES string of the molecule is CC(C)CCCC(C)O[Si](C(C)C)C(C)C. The Labute approximate surface area is 105 Å². The largest absolute Gasteiger partial charge is 0.413 e. The molecule has 0 heterocycles. The lowest BCUT2D eigenvalue weighted by atomic mass is 10.1. The van der Waals surface area contributed by atoms with Gasteiger partial charge in [-0.25, -0.2) is 0 Å². The first kappa shape index (κ1) is 16.2. The van der Waals surface area contributed by atoms with Crippen LogP contribution in [-0.2, 0) is 4.43 Å². The highest BCUT2D eigenvalue weighted by atomic mass is 28.3. The van der Waals surface area contributed by atoms with Gasteiger partial charge in [-0.2, -0.15) is 0 Å². The average Bonchev–Trinajstić information content (AvgIpc) is 2.12. The Morgan fingerprint density at radius 2 is 1.31 bits per heavy atom. The molecule has 0 aromatic rings. The smallest absolute Gasteiger partial charge is 0.217 e. The molecule has 0 rings (SSSR count). The molecule has 0 spiro atoms. The van der Waals surface area contributed by atoms with Crippen molar-refractivity contribution < 1.29 is 4.43 Å². The molecule has 1 atom stereocenters. The van der Waals surface area contributed by atoms with Gasteiger partial charge in [0, 0.05) is 6.10 Å². The van der Waals surface area contributed by atoms with Crippen molar-refractivity contribution in [2.45, 2.75) is 84.9 Å². The van der Waals surface area contributed by atoms with Crippen LogP contribution in [0.4, 0.5) is 0 Å². The summed E-state index contributed by atoms with van der Waals surface area (Å²) in [5, 5.41) is 0. The first-order valence-corrected chi connectivity index (χ1v) is 8.44. The van der Waals surface area contributed by atoms with E-state index in [-0.39, 0.29) is 0 Å². The molecule has 0 fully saturated rings. The lowest BCUT2D eigenvalue weighted by molar-refractivity contribution is 0.196. The van der Waals surface area contributed by atoms with Crippen LogP contribution in [-0.4, -0.2) is 15.1 Å². The molecule has 2 heteroatoms. The molecule has 0 aliphatic rings. The molecule has 16 heavy (non-hydrogen) atoms. The Bertz CT molecular complexity index is 158. The van der Waals surface area contributed by atoms with Gasteiger partial charge >= 0.3 is 0 Å². The molecule has 0 aliphatic carbocycles. The number of hydrogen-bond donors (Lipinski definition) is 0. The number of hydrogen-bond acceptors (Lipinski definition) is 1. The second kappa shape index (κ2) is 8.29. The zero-order chi connectivity index (χ0) is 12.7. The summed E-state index contributed by atoms with van der Waals surface area (Å²) in [5.74, 6) is 0.826. The molecule has 1 radical (unpaired) electrons. The molecular weight excluding hydrogens is 212 g/mol. The van der Waals surface area contributed by atoms with Crippen molar-refractivity contribution in [1.29, 1.82) is 0 Å². The summed E-state index contributed by atoms with van der Waals surface area (Å²) in [6.45, 7) is 16.0. The summed E-state index contributed by atoms with van der Waals surface area (Å²) in [6, 6.07) is 0. The van der Waals surface area contributed by atoms with E-state index in [4.69, 9.17) is 4.43 Å². The van der Waals surface area contributed by atoms with E-state index in [1.807, 2.05) is 0 Å². The minimum absolute atomic E-state index is 0.456. The molecule has 0 aromatic heterocycles. The third-order valence-corrected chi connectivity index (χ3v) is 5.82. The van der Waals surface area contributed by atoms with Gasteiger partial charge in [-0.15, -0.1) is 0 Å². The van der Waals surface area contributed by atoms with Gasteiger partial charge in [0.05, 0.1) is 0 Å². The van der Waals surface area contributed by atoms with Gasteiger partial charge in [-0.05, 0) is 30.3 Å². The normalized spacial score (nSPS) is 14.4. The van der Waals surface area contributed by atoms with Crippen molar-refractivity contribution in [2.24, 2.45) is 5.92 Å². The maximum absolute atomic E-state index is 6.26. The van der Waals surface area contributed by atoms with Gasteiger partial charge in [0.15, 0.2) is 0 Å². The second-order valence-corrected chi connectivity index (χ2v) is 9.31. The summed E-state index contributed by atoms with van der Waals surface area (Å²) < 4.78 is 6.26. The summed E-state index contributed by atoms with van der Waals surface area (Å²) >= 11 is 0. The molecule has 0 saturated carbocycles. The van der Waals surface area contributed by atoms with E-state index in [9.17, 15) is 0 Å². The highest BCUT2D eigenvalue weighted by Crippen LogP contribution is 2.23. The van der Waals surface area contributed by atoms with E-state index >= 15 is 0 Å². The standard InChI is InChI=1S/C14H31OSi/c1-11(2)9-8-10-14(7)15-16(12(3)4)13(5)6/h11-14H,8-10H2,1-7H3. The maximum atomic E-state index is 6.26. The monoisotopic (exact) mass is 243 g/mol. The van der Waals surface area contributed by atoms with Crippen molar-refractivity contribution in [3.8, 4) is 0 Å². The molecule has 0 aliphatic heterocycles. The average molecular weight is 243 g/mol. The lowest BCUT2D eigenvalue weighted by Gasteiger charge is -2.26. The van der Waals surface area contributed by atoms with Crippen molar-refractivity contribution in [1.82, 2.24) is 0 Å². The Kier molecular flexibility index (Phi) is 8.39. The van der Waals surface area contributed by atoms with E-state index < -0.39 is 9.04 Å². The lowest BCUT2D eigenvalue weighted by Crippen LogP contribution is -2.30. The highest BCUT2D eigenvalue weighted by Gasteiger charge is 2.24. The topological polar surface area (TPSA) is 9.23 Å². The van der Waals surface area contributed by atoms with Gasteiger partial charge < -0.3 is 4.43 Å². The minimum Gasteiger partial charge on any atom is -0.413 e. The first-order chi connectivity index (χ1) is 7.34. The zero-order valence-corrected chi connectivity index (χ0v) is 13.3. The summed E-state index contributed by atoms with van der Waals surface area (Å²) in [4.78, 5) is 0. The van der Waals surface area contributed by atoms with Crippen LogP contribution in [0.25, 0.3) is 0 Å². The molecule has 97 valence electrons. The minimum atomic E-state index is -0.628. The van der Waals surface area contributed by atoms with Gasteiger partial charge in [0.1, 0.15) is 0 Å². The van der Waals surface area contributed by atoms with Crippen LogP contribution in [0, 0.1) is 5.92 Å². The fourth-order valence-electron chi connectivity index (χ4n) is 2.04. The fourth-order valence-corrected chi connectivity index (χ4v) is 4.50. The van der Waals surface area contributed by atoms with Crippen LogP contribution in [0.15, 0.2) is 0 Å². The number of rotatable bonds is 8. The molecular formula is C14H31OSi. The highest BCUT2D eigenvalue weighted by molar-refractivity contribution is 6.55. The molecule has 0 saturated heterocycles. The summed E-state index contributed by atoms with van der Waals surface area (Å²) in [7, 11) is -0.628. The van der Waals surface area contributed by atoms with Crippen molar-refractivity contribution in [3.05, 3.63) is 0 Å². The summed E-state index contributed by atoms with van der Waals surface area (Å²) in [6.07, 6.45) is 4.33. The van der Waals surface area contributed by atoms with E-state index in [1.165, 1.54) is 19.3 Å². The van der Waals surface area contributed by atoms with Crippen LogP contribution in [0.2, 0.25) is 11.1 Å². The third-order valence-electron chi connectivity index (χ3n) is 2.87. The predicted octanol–water partition coefficient (Wildman–Crippen LogP) is 5.03. The Morgan fingerprint density at radius 3 is 1.69 bits per heavy atom. The van der Waals surface area contributed by atoms with Crippen molar-refractivity contribution >= 4 is 9.04 Å². The molecule has 1 nitrogen and oxygen atoms in total. The van der Waals surface area contributed by atoms with Gasteiger partial charge in [-0.3, -0.25) is 0 Å². The Morgan fingerprint density at radius 1 is 0.812 bits per heavy atom. The van der Waals surface area contributed by atoms with E-state index in [0.29, 0.717) is 6.10 Å².